The Morgan fingerprint density at radius 1 is 1.00 bits per heavy atom. The highest BCUT2D eigenvalue weighted by Gasteiger charge is 2.16. The van der Waals surface area contributed by atoms with E-state index in [-0.39, 0.29) is 35.7 Å². The highest BCUT2D eigenvalue weighted by molar-refractivity contribution is 6.31. The van der Waals surface area contributed by atoms with Gasteiger partial charge in [-0.15, -0.1) is 0 Å². The zero-order valence-corrected chi connectivity index (χ0v) is 15.0. The summed E-state index contributed by atoms with van der Waals surface area (Å²) in [6, 6.07) is 7.10. The highest BCUT2D eigenvalue weighted by Crippen LogP contribution is 2.18. The Bertz CT molecular complexity index is 802. The van der Waals surface area contributed by atoms with E-state index in [9.17, 15) is 14.4 Å². The van der Waals surface area contributed by atoms with Gasteiger partial charge in [-0.1, -0.05) is 11.6 Å². The average Bonchev–Trinajstić information content (AvgIpc) is 2.61. The van der Waals surface area contributed by atoms with Crippen LogP contribution >= 0.6 is 11.6 Å². The first kappa shape index (κ1) is 19.4. The molecule has 1 N–H and O–H groups in total. The Morgan fingerprint density at radius 3 is 2.08 bits per heavy atom. The van der Waals surface area contributed by atoms with Gasteiger partial charge < -0.3 is 14.8 Å². The molecule has 2 aromatic rings. The molecule has 0 saturated heterocycles. The van der Waals surface area contributed by atoms with Crippen LogP contribution < -0.4 is 5.32 Å². The molecule has 0 fully saturated rings. The van der Waals surface area contributed by atoms with Crippen molar-refractivity contribution >= 4 is 35.1 Å². The maximum atomic E-state index is 12.3. The normalized spacial score (nSPS) is 10.1. The number of amides is 1. The lowest BCUT2D eigenvalue weighted by atomic mass is 10.1. The Balaban J connectivity index is 2.35. The predicted molar refractivity (Wildman–Crippen MR) is 95.6 cm³/mol. The summed E-state index contributed by atoms with van der Waals surface area (Å²) in [7, 11) is 0. The van der Waals surface area contributed by atoms with E-state index >= 15 is 0 Å². The fourth-order valence-corrected chi connectivity index (χ4v) is 2.25. The van der Waals surface area contributed by atoms with E-state index in [0.29, 0.717) is 5.02 Å². The number of benzene rings is 1. The Morgan fingerprint density at radius 2 is 1.58 bits per heavy atom. The zero-order valence-electron chi connectivity index (χ0n) is 14.2. The van der Waals surface area contributed by atoms with Gasteiger partial charge in [0.25, 0.3) is 5.91 Å². The van der Waals surface area contributed by atoms with Gasteiger partial charge in [0.1, 0.15) is 5.69 Å². The summed E-state index contributed by atoms with van der Waals surface area (Å²) in [4.78, 5) is 40.3. The van der Waals surface area contributed by atoms with Crippen LogP contribution in [-0.4, -0.2) is 36.0 Å². The SMILES string of the molecule is CCOC(=O)c1cc(NC(=O)c2cc(Cl)ccn2)cc(C(=O)OCC)c1. The van der Waals surface area contributed by atoms with Gasteiger partial charge >= 0.3 is 11.9 Å². The molecule has 26 heavy (non-hydrogen) atoms. The van der Waals surface area contributed by atoms with Gasteiger partial charge in [-0.05, 0) is 44.2 Å². The summed E-state index contributed by atoms with van der Waals surface area (Å²) in [5.41, 5.74) is 0.556. The second kappa shape index (κ2) is 8.96. The number of carbonyl (C=O) groups excluding carboxylic acids is 3. The third-order valence-electron chi connectivity index (χ3n) is 3.17. The number of aromatic nitrogens is 1. The standard InChI is InChI=1S/C18H17ClN2O5/c1-3-25-17(23)11-7-12(18(24)26-4-2)9-14(8-11)21-16(22)15-10-13(19)5-6-20-15/h5-10H,3-4H2,1-2H3,(H,21,22). The number of anilines is 1. The number of ether oxygens (including phenoxy) is 2. The number of esters is 2. The van der Waals surface area contributed by atoms with Gasteiger partial charge in [0, 0.05) is 16.9 Å². The average molecular weight is 377 g/mol. The maximum Gasteiger partial charge on any atom is 0.338 e. The van der Waals surface area contributed by atoms with Gasteiger partial charge in [0.2, 0.25) is 0 Å². The lowest BCUT2D eigenvalue weighted by Gasteiger charge is -2.10. The number of pyridine rings is 1. The molecule has 136 valence electrons. The molecule has 0 radical (unpaired) electrons. The van der Waals surface area contributed by atoms with Crippen molar-refractivity contribution < 1.29 is 23.9 Å². The molecule has 0 aliphatic heterocycles. The number of hydrogen-bond acceptors (Lipinski definition) is 6. The topological polar surface area (TPSA) is 94.6 Å². The second-order valence-electron chi connectivity index (χ2n) is 5.05. The van der Waals surface area contributed by atoms with Gasteiger partial charge in [-0.3, -0.25) is 9.78 Å². The van der Waals surface area contributed by atoms with E-state index in [1.807, 2.05) is 0 Å². The predicted octanol–water partition coefficient (Wildman–Crippen LogP) is 3.34. The van der Waals surface area contributed by atoms with Gasteiger partial charge in [-0.2, -0.15) is 0 Å². The molecule has 0 aliphatic carbocycles. The number of carbonyl (C=O) groups is 3. The minimum Gasteiger partial charge on any atom is -0.462 e. The van der Waals surface area contributed by atoms with E-state index < -0.39 is 17.8 Å². The van der Waals surface area contributed by atoms with Crippen molar-refractivity contribution in [3.8, 4) is 0 Å². The molecule has 1 aromatic heterocycles. The minimum absolute atomic E-state index is 0.0942. The number of halogens is 1. The molecule has 1 aromatic carbocycles. The quantitative estimate of drug-likeness (QED) is 0.777. The first-order valence-electron chi connectivity index (χ1n) is 7.86. The first-order chi connectivity index (χ1) is 12.4. The lowest BCUT2D eigenvalue weighted by Crippen LogP contribution is -2.16. The van der Waals surface area contributed by atoms with Crippen molar-refractivity contribution in [3.63, 3.8) is 0 Å². The van der Waals surface area contributed by atoms with Crippen molar-refractivity contribution in [1.29, 1.82) is 0 Å². The van der Waals surface area contributed by atoms with E-state index in [2.05, 4.69) is 10.3 Å². The van der Waals surface area contributed by atoms with Crippen molar-refractivity contribution in [2.24, 2.45) is 0 Å². The Kier molecular flexibility index (Phi) is 6.68. The largest absolute Gasteiger partial charge is 0.462 e. The summed E-state index contributed by atoms with van der Waals surface area (Å²) in [6.07, 6.45) is 1.40. The molecule has 1 amide bonds. The summed E-state index contributed by atoms with van der Waals surface area (Å²) in [5.74, 6) is -1.77. The molecule has 0 spiro atoms. The molecule has 0 aliphatic rings. The van der Waals surface area contributed by atoms with Gasteiger partial charge in [-0.25, -0.2) is 9.59 Å². The van der Waals surface area contributed by atoms with Crippen LogP contribution in [0.1, 0.15) is 45.1 Å². The monoisotopic (exact) mass is 376 g/mol. The maximum absolute atomic E-state index is 12.3. The fraction of sp³-hybridized carbons (Fsp3) is 0.222. The van der Waals surface area contributed by atoms with Crippen LogP contribution in [-0.2, 0) is 9.47 Å². The Hall–Kier alpha value is -2.93. The number of nitrogens with zero attached hydrogens (tertiary/aromatic N) is 1. The molecule has 8 heteroatoms. The molecule has 0 unspecified atom stereocenters. The van der Waals surface area contributed by atoms with E-state index in [1.54, 1.807) is 19.9 Å². The molecular formula is C18H17ClN2O5. The van der Waals surface area contributed by atoms with E-state index in [1.165, 1.54) is 30.5 Å². The van der Waals surface area contributed by atoms with Crippen LogP contribution in [0.15, 0.2) is 36.5 Å². The summed E-state index contributed by atoms with van der Waals surface area (Å²) < 4.78 is 9.90. The fourth-order valence-electron chi connectivity index (χ4n) is 2.09. The number of hydrogen-bond donors (Lipinski definition) is 1. The van der Waals surface area contributed by atoms with Crippen LogP contribution in [0.25, 0.3) is 0 Å². The first-order valence-corrected chi connectivity index (χ1v) is 8.24. The van der Waals surface area contributed by atoms with Gasteiger partial charge in [0.15, 0.2) is 0 Å². The van der Waals surface area contributed by atoms with Crippen molar-refractivity contribution in [3.05, 3.63) is 58.4 Å². The summed E-state index contributed by atoms with van der Waals surface area (Å²) in [6.45, 7) is 3.69. The summed E-state index contributed by atoms with van der Waals surface area (Å²) in [5, 5.41) is 2.94. The van der Waals surface area contributed by atoms with E-state index in [0.717, 1.165) is 0 Å². The highest BCUT2D eigenvalue weighted by atomic mass is 35.5. The Labute approximate surface area is 155 Å². The minimum atomic E-state index is -0.616. The number of rotatable bonds is 6. The summed E-state index contributed by atoms with van der Waals surface area (Å²) >= 11 is 5.85. The smallest absolute Gasteiger partial charge is 0.338 e. The van der Waals surface area contributed by atoms with E-state index in [4.69, 9.17) is 21.1 Å². The number of nitrogens with one attached hydrogen (secondary N) is 1. The molecule has 2 rings (SSSR count). The molecular weight excluding hydrogens is 360 g/mol. The molecule has 7 nitrogen and oxygen atoms in total. The van der Waals surface area contributed by atoms with Gasteiger partial charge in [0.05, 0.1) is 24.3 Å². The molecule has 0 bridgehead atoms. The molecule has 0 saturated carbocycles. The van der Waals surface area contributed by atoms with Crippen molar-refractivity contribution in [1.82, 2.24) is 4.98 Å². The second-order valence-corrected chi connectivity index (χ2v) is 5.49. The van der Waals surface area contributed by atoms with Crippen LogP contribution in [0, 0.1) is 0 Å². The molecule has 0 atom stereocenters. The third-order valence-corrected chi connectivity index (χ3v) is 3.40. The van der Waals surface area contributed by atoms with Crippen LogP contribution in [0.2, 0.25) is 5.02 Å². The van der Waals surface area contributed by atoms with Crippen LogP contribution in [0.5, 0.6) is 0 Å². The van der Waals surface area contributed by atoms with Crippen molar-refractivity contribution in [2.75, 3.05) is 18.5 Å². The zero-order chi connectivity index (χ0) is 19.1. The van der Waals surface area contributed by atoms with Crippen molar-refractivity contribution in [2.45, 2.75) is 13.8 Å². The van der Waals surface area contributed by atoms with Crippen LogP contribution in [0.3, 0.4) is 0 Å². The molecule has 1 heterocycles. The third kappa shape index (κ3) is 5.03. The lowest BCUT2D eigenvalue weighted by molar-refractivity contribution is 0.0525. The van der Waals surface area contributed by atoms with Crippen LogP contribution in [0.4, 0.5) is 5.69 Å².